The molecule has 0 fully saturated rings. The van der Waals surface area contributed by atoms with Crippen LogP contribution in [-0.2, 0) is 11.3 Å². The molecule has 1 aromatic rings. The molecule has 0 unspecified atom stereocenters. The standard InChI is InChI=1S/C14H19ClN2O3/c1-3-6-12(13(18)19)16-14(20)17(2)9-10-7-4-5-8-11(10)15/h4-5,7-8,12H,3,6,9H2,1-2H3,(H,16,20)(H,18,19)/t12-/m0/s1. The van der Waals surface area contributed by atoms with Crippen molar-refractivity contribution < 1.29 is 14.7 Å². The van der Waals surface area contributed by atoms with Gasteiger partial charge in [0.15, 0.2) is 0 Å². The van der Waals surface area contributed by atoms with Crippen LogP contribution >= 0.6 is 11.6 Å². The number of carbonyl (C=O) groups excluding carboxylic acids is 1. The van der Waals surface area contributed by atoms with E-state index in [0.29, 0.717) is 24.4 Å². The first-order valence-electron chi connectivity index (χ1n) is 6.43. The molecule has 1 atom stereocenters. The molecular weight excluding hydrogens is 280 g/mol. The fraction of sp³-hybridized carbons (Fsp3) is 0.429. The molecule has 0 saturated heterocycles. The van der Waals surface area contributed by atoms with Crippen LogP contribution in [0.15, 0.2) is 24.3 Å². The van der Waals surface area contributed by atoms with E-state index in [2.05, 4.69) is 5.32 Å². The molecule has 0 heterocycles. The van der Waals surface area contributed by atoms with E-state index in [1.54, 1.807) is 13.1 Å². The average Bonchev–Trinajstić information content (AvgIpc) is 2.40. The van der Waals surface area contributed by atoms with Gasteiger partial charge in [-0.3, -0.25) is 0 Å². The summed E-state index contributed by atoms with van der Waals surface area (Å²) in [7, 11) is 1.60. The molecule has 0 saturated carbocycles. The van der Waals surface area contributed by atoms with Crippen molar-refractivity contribution in [3.63, 3.8) is 0 Å². The summed E-state index contributed by atoms with van der Waals surface area (Å²) >= 11 is 6.03. The van der Waals surface area contributed by atoms with Gasteiger partial charge < -0.3 is 15.3 Å². The van der Waals surface area contributed by atoms with Crippen LogP contribution < -0.4 is 5.32 Å². The largest absolute Gasteiger partial charge is 0.480 e. The van der Waals surface area contributed by atoms with Crippen LogP contribution in [0.25, 0.3) is 0 Å². The van der Waals surface area contributed by atoms with Crippen molar-refractivity contribution in [2.45, 2.75) is 32.4 Å². The van der Waals surface area contributed by atoms with Crippen LogP contribution in [0, 0.1) is 0 Å². The number of nitrogens with one attached hydrogen (secondary N) is 1. The molecule has 5 nitrogen and oxygen atoms in total. The van der Waals surface area contributed by atoms with E-state index in [4.69, 9.17) is 16.7 Å². The number of urea groups is 1. The summed E-state index contributed by atoms with van der Waals surface area (Å²) < 4.78 is 0. The minimum Gasteiger partial charge on any atom is -0.480 e. The number of amides is 2. The molecule has 1 aromatic carbocycles. The van der Waals surface area contributed by atoms with Crippen LogP contribution in [0.4, 0.5) is 4.79 Å². The summed E-state index contributed by atoms with van der Waals surface area (Å²) in [6.45, 7) is 2.19. The Labute approximate surface area is 123 Å². The van der Waals surface area contributed by atoms with Crippen molar-refractivity contribution in [1.29, 1.82) is 0 Å². The zero-order chi connectivity index (χ0) is 15.1. The van der Waals surface area contributed by atoms with Gasteiger partial charge in [-0.2, -0.15) is 0 Å². The first-order valence-corrected chi connectivity index (χ1v) is 6.81. The smallest absolute Gasteiger partial charge is 0.326 e. The Balaban J connectivity index is 2.63. The number of halogens is 1. The molecule has 0 aliphatic heterocycles. The van der Waals surface area contributed by atoms with E-state index in [1.807, 2.05) is 25.1 Å². The minimum absolute atomic E-state index is 0.323. The van der Waals surface area contributed by atoms with Gasteiger partial charge in [0.2, 0.25) is 0 Å². The molecule has 6 heteroatoms. The maximum atomic E-state index is 12.0. The highest BCUT2D eigenvalue weighted by molar-refractivity contribution is 6.31. The Morgan fingerprint density at radius 3 is 2.60 bits per heavy atom. The van der Waals surface area contributed by atoms with Crippen molar-refractivity contribution in [2.24, 2.45) is 0 Å². The van der Waals surface area contributed by atoms with Gasteiger partial charge in [0.25, 0.3) is 0 Å². The molecule has 20 heavy (non-hydrogen) atoms. The highest BCUT2D eigenvalue weighted by Crippen LogP contribution is 2.16. The predicted molar refractivity (Wildman–Crippen MR) is 77.8 cm³/mol. The quantitative estimate of drug-likeness (QED) is 0.848. The number of hydrogen-bond donors (Lipinski definition) is 2. The van der Waals surface area contributed by atoms with Gasteiger partial charge in [-0.1, -0.05) is 43.1 Å². The lowest BCUT2D eigenvalue weighted by Gasteiger charge is -2.21. The second kappa shape index (κ2) is 7.75. The van der Waals surface area contributed by atoms with E-state index in [9.17, 15) is 9.59 Å². The topological polar surface area (TPSA) is 69.6 Å². The third kappa shape index (κ3) is 4.74. The Kier molecular flexibility index (Phi) is 6.31. The van der Waals surface area contributed by atoms with E-state index in [1.165, 1.54) is 4.90 Å². The van der Waals surface area contributed by atoms with Crippen LogP contribution in [0.3, 0.4) is 0 Å². The summed E-state index contributed by atoms with van der Waals surface area (Å²) in [6.07, 6.45) is 1.09. The fourth-order valence-electron chi connectivity index (χ4n) is 1.76. The van der Waals surface area contributed by atoms with Gasteiger partial charge >= 0.3 is 12.0 Å². The second-order valence-electron chi connectivity index (χ2n) is 4.58. The normalized spacial score (nSPS) is 11.8. The molecule has 0 aliphatic rings. The van der Waals surface area contributed by atoms with Gasteiger partial charge in [-0.05, 0) is 18.1 Å². The molecule has 2 amide bonds. The zero-order valence-electron chi connectivity index (χ0n) is 11.6. The molecule has 0 radical (unpaired) electrons. The highest BCUT2D eigenvalue weighted by Gasteiger charge is 2.21. The van der Waals surface area contributed by atoms with Crippen LogP contribution in [0.2, 0.25) is 5.02 Å². The summed E-state index contributed by atoms with van der Waals surface area (Å²) in [5.74, 6) is -1.02. The van der Waals surface area contributed by atoms with Crippen molar-refractivity contribution in [2.75, 3.05) is 7.05 Å². The molecule has 1 rings (SSSR count). The third-order valence-electron chi connectivity index (χ3n) is 2.89. The monoisotopic (exact) mass is 298 g/mol. The van der Waals surface area contributed by atoms with Crippen molar-refractivity contribution in [3.05, 3.63) is 34.9 Å². The summed E-state index contributed by atoms with van der Waals surface area (Å²) in [5.41, 5.74) is 0.814. The number of aliphatic carboxylic acids is 1. The lowest BCUT2D eigenvalue weighted by Crippen LogP contribution is -2.46. The number of rotatable bonds is 6. The van der Waals surface area contributed by atoms with Gasteiger partial charge in [-0.25, -0.2) is 9.59 Å². The molecule has 2 N–H and O–H groups in total. The van der Waals surface area contributed by atoms with Gasteiger partial charge in [0.1, 0.15) is 6.04 Å². The molecule has 110 valence electrons. The Morgan fingerprint density at radius 1 is 1.40 bits per heavy atom. The molecule has 0 aliphatic carbocycles. The maximum Gasteiger partial charge on any atom is 0.326 e. The first-order chi connectivity index (χ1) is 9.45. The Morgan fingerprint density at radius 2 is 2.05 bits per heavy atom. The lowest BCUT2D eigenvalue weighted by atomic mass is 10.2. The number of hydrogen-bond acceptors (Lipinski definition) is 2. The van der Waals surface area contributed by atoms with Gasteiger partial charge in [-0.15, -0.1) is 0 Å². The maximum absolute atomic E-state index is 12.0. The second-order valence-corrected chi connectivity index (χ2v) is 4.98. The highest BCUT2D eigenvalue weighted by atomic mass is 35.5. The van der Waals surface area contributed by atoms with Crippen LogP contribution in [0.1, 0.15) is 25.3 Å². The Hall–Kier alpha value is -1.75. The predicted octanol–water partition coefficient (Wildman–Crippen LogP) is 2.73. The van der Waals surface area contributed by atoms with Crippen molar-refractivity contribution in [3.8, 4) is 0 Å². The average molecular weight is 299 g/mol. The SMILES string of the molecule is CCC[C@H](NC(=O)N(C)Cc1ccccc1Cl)C(=O)O. The first kappa shape index (κ1) is 16.3. The van der Waals surface area contributed by atoms with Crippen LogP contribution in [-0.4, -0.2) is 35.1 Å². The number of benzene rings is 1. The molecule has 0 aromatic heterocycles. The number of carboxylic acid groups (broad SMARTS) is 1. The summed E-state index contributed by atoms with van der Waals surface area (Å²) in [5, 5.41) is 12.1. The van der Waals surface area contributed by atoms with E-state index in [0.717, 1.165) is 5.56 Å². The lowest BCUT2D eigenvalue weighted by molar-refractivity contribution is -0.139. The van der Waals surface area contributed by atoms with E-state index < -0.39 is 18.0 Å². The van der Waals surface area contributed by atoms with Crippen molar-refractivity contribution >= 4 is 23.6 Å². The van der Waals surface area contributed by atoms with Crippen molar-refractivity contribution in [1.82, 2.24) is 10.2 Å². The van der Waals surface area contributed by atoms with E-state index >= 15 is 0 Å². The number of nitrogens with zero attached hydrogens (tertiary/aromatic N) is 1. The molecular formula is C14H19ClN2O3. The summed E-state index contributed by atoms with van der Waals surface area (Å²) in [4.78, 5) is 24.4. The van der Waals surface area contributed by atoms with E-state index in [-0.39, 0.29) is 0 Å². The van der Waals surface area contributed by atoms with Gasteiger partial charge in [0.05, 0.1) is 0 Å². The Bertz CT molecular complexity index is 479. The summed E-state index contributed by atoms with van der Waals surface area (Å²) in [6, 6.07) is 5.94. The van der Waals surface area contributed by atoms with Gasteiger partial charge in [0, 0.05) is 18.6 Å². The van der Waals surface area contributed by atoms with Crippen LogP contribution in [0.5, 0.6) is 0 Å². The number of carbonyl (C=O) groups is 2. The molecule has 0 spiro atoms. The molecule has 0 bridgehead atoms. The minimum atomic E-state index is -1.02. The number of carboxylic acids is 1. The zero-order valence-corrected chi connectivity index (χ0v) is 12.4. The fourth-order valence-corrected chi connectivity index (χ4v) is 1.95. The third-order valence-corrected chi connectivity index (χ3v) is 3.25.